The van der Waals surface area contributed by atoms with Gasteiger partial charge in [0, 0.05) is 22.3 Å². The molecular weight excluding hydrogens is 423 g/mol. The Morgan fingerprint density at radius 1 is 0.600 bits per heavy atom. The van der Waals surface area contributed by atoms with Crippen molar-refractivity contribution < 1.29 is 39.6 Å². The zero-order chi connectivity index (χ0) is 14.0. The average Bonchev–Trinajstić information content (AvgIpc) is 2.26. The predicted octanol–water partition coefficient (Wildman–Crippen LogP) is -5.62. The third kappa shape index (κ3) is 4.81. The normalized spacial score (nSPS) is 8.80. The molecule has 10 heteroatoms. The summed E-state index contributed by atoms with van der Waals surface area (Å²) in [6.07, 6.45) is 0. The molecule has 0 aliphatic rings. The Morgan fingerprint density at radius 3 is 1.00 bits per heavy atom. The maximum Gasteiger partial charge on any atom is 2.00 e. The molecule has 0 radical (unpaired) electrons. The molecule has 94 valence electrons. The SMILES string of the molecule is O=C([O-])c1ccc(C(=O)[O-])c(C(=O)[O-])c1C(=O)[O-].[Sr+2].[Sr+2]. The van der Waals surface area contributed by atoms with Gasteiger partial charge < -0.3 is 39.6 Å². The van der Waals surface area contributed by atoms with Gasteiger partial charge in [0.2, 0.25) is 0 Å². The Hall–Kier alpha value is 0.0610. The third-order valence-corrected chi connectivity index (χ3v) is 2.05. The summed E-state index contributed by atoms with van der Waals surface area (Å²) in [6, 6.07) is 1.14. The van der Waals surface area contributed by atoms with Crippen molar-refractivity contribution in [1.29, 1.82) is 0 Å². The van der Waals surface area contributed by atoms with E-state index < -0.39 is 46.1 Å². The van der Waals surface area contributed by atoms with Gasteiger partial charge in [-0.2, -0.15) is 0 Å². The first-order chi connectivity index (χ1) is 8.27. The number of carbonyl (C=O) groups excluding carboxylic acids is 4. The molecule has 1 aromatic rings. The van der Waals surface area contributed by atoms with E-state index in [-0.39, 0.29) is 91.0 Å². The molecule has 0 heterocycles. The summed E-state index contributed by atoms with van der Waals surface area (Å²) in [5, 5.41) is 42.6. The van der Waals surface area contributed by atoms with Crippen LogP contribution in [0.3, 0.4) is 0 Å². The van der Waals surface area contributed by atoms with Gasteiger partial charge in [-0.1, -0.05) is 12.1 Å². The van der Waals surface area contributed by atoms with Crippen molar-refractivity contribution in [3.63, 3.8) is 0 Å². The number of carboxylic acid groups (broad SMARTS) is 4. The fourth-order valence-corrected chi connectivity index (χ4v) is 1.37. The second-order valence-electron chi connectivity index (χ2n) is 3.06. The predicted molar refractivity (Wildman–Crippen MR) is 55.3 cm³/mol. The number of carbonyl (C=O) groups is 4. The second kappa shape index (κ2) is 9.15. The van der Waals surface area contributed by atoms with Crippen molar-refractivity contribution >= 4 is 115 Å². The minimum Gasteiger partial charge on any atom is -0.545 e. The Balaban J connectivity index is 0. The molecule has 0 saturated carbocycles. The molecule has 1 aromatic carbocycles. The summed E-state index contributed by atoms with van der Waals surface area (Å²) < 4.78 is 0. The summed E-state index contributed by atoms with van der Waals surface area (Å²) in [5.74, 6) is -8.36. The zero-order valence-electron chi connectivity index (χ0n) is 9.83. The van der Waals surface area contributed by atoms with Crippen molar-refractivity contribution in [3.05, 3.63) is 34.4 Å². The van der Waals surface area contributed by atoms with E-state index in [1.54, 1.807) is 0 Å². The number of benzene rings is 1. The monoisotopic (exact) mass is 426 g/mol. The Bertz CT molecular complexity index is 530. The summed E-state index contributed by atoms with van der Waals surface area (Å²) in [7, 11) is 0. The van der Waals surface area contributed by atoms with E-state index in [1.807, 2.05) is 0 Å². The van der Waals surface area contributed by atoms with Crippen LogP contribution in [0.15, 0.2) is 12.1 Å². The molecule has 0 saturated heterocycles. The van der Waals surface area contributed by atoms with Crippen LogP contribution in [-0.2, 0) is 0 Å². The minimum absolute atomic E-state index is 0. The Labute approximate surface area is 185 Å². The molecular formula is C10H2O8Sr2. The molecule has 0 bridgehead atoms. The topological polar surface area (TPSA) is 161 Å². The van der Waals surface area contributed by atoms with Gasteiger partial charge in [0.15, 0.2) is 0 Å². The van der Waals surface area contributed by atoms with Gasteiger partial charge in [0.25, 0.3) is 0 Å². The van der Waals surface area contributed by atoms with Crippen LogP contribution < -0.4 is 20.4 Å². The first-order valence-electron chi connectivity index (χ1n) is 4.29. The van der Waals surface area contributed by atoms with Crippen molar-refractivity contribution in [3.8, 4) is 0 Å². The Kier molecular flexibility index (Phi) is 10.2. The molecule has 0 spiro atoms. The van der Waals surface area contributed by atoms with E-state index in [4.69, 9.17) is 0 Å². The number of rotatable bonds is 4. The van der Waals surface area contributed by atoms with E-state index >= 15 is 0 Å². The van der Waals surface area contributed by atoms with Crippen molar-refractivity contribution in [2.24, 2.45) is 0 Å². The summed E-state index contributed by atoms with van der Waals surface area (Å²) in [4.78, 5) is 42.6. The van der Waals surface area contributed by atoms with Crippen LogP contribution in [-0.4, -0.2) is 115 Å². The third-order valence-electron chi connectivity index (χ3n) is 2.05. The van der Waals surface area contributed by atoms with Crippen LogP contribution >= 0.6 is 0 Å². The van der Waals surface area contributed by atoms with Crippen LogP contribution in [0.1, 0.15) is 41.4 Å². The largest absolute Gasteiger partial charge is 2.00 e. The molecule has 0 amide bonds. The minimum atomic E-state index is -2.18. The van der Waals surface area contributed by atoms with Gasteiger partial charge in [-0.3, -0.25) is 0 Å². The molecule has 0 fully saturated rings. The first-order valence-corrected chi connectivity index (χ1v) is 4.29. The number of aromatic carboxylic acids is 4. The standard InChI is InChI=1S/C10H6O8.2Sr/c11-7(12)3-1-2-4(8(13)14)6(10(17)18)5(3)9(15)16;;/h1-2H,(H,11,12)(H,13,14)(H,15,16)(H,17,18);;/q;2*+2/p-4. The van der Waals surface area contributed by atoms with Gasteiger partial charge >= 0.3 is 91.0 Å². The molecule has 0 atom stereocenters. The van der Waals surface area contributed by atoms with Crippen molar-refractivity contribution in [1.82, 2.24) is 0 Å². The van der Waals surface area contributed by atoms with Gasteiger partial charge in [-0.05, 0) is 0 Å². The fourth-order valence-electron chi connectivity index (χ4n) is 1.37. The van der Waals surface area contributed by atoms with Crippen LogP contribution in [0.2, 0.25) is 0 Å². The van der Waals surface area contributed by atoms with Crippen molar-refractivity contribution in [2.75, 3.05) is 0 Å². The van der Waals surface area contributed by atoms with Gasteiger partial charge in [-0.25, -0.2) is 0 Å². The van der Waals surface area contributed by atoms with Gasteiger partial charge in [0.1, 0.15) is 0 Å². The van der Waals surface area contributed by atoms with Gasteiger partial charge in [-0.15, -0.1) is 0 Å². The second-order valence-corrected chi connectivity index (χ2v) is 3.06. The van der Waals surface area contributed by atoms with E-state index in [0.717, 1.165) is 0 Å². The molecule has 20 heavy (non-hydrogen) atoms. The quantitative estimate of drug-likeness (QED) is 0.432. The molecule has 8 nitrogen and oxygen atoms in total. The van der Waals surface area contributed by atoms with Crippen LogP contribution in [0.4, 0.5) is 0 Å². The summed E-state index contributed by atoms with van der Waals surface area (Å²) >= 11 is 0. The van der Waals surface area contributed by atoms with E-state index in [0.29, 0.717) is 12.1 Å². The first kappa shape index (κ1) is 22.3. The average molecular weight is 425 g/mol. The summed E-state index contributed by atoms with van der Waals surface area (Å²) in [5.41, 5.74) is -4.73. The van der Waals surface area contributed by atoms with E-state index in [2.05, 4.69) is 0 Å². The van der Waals surface area contributed by atoms with Crippen molar-refractivity contribution in [2.45, 2.75) is 0 Å². The molecule has 0 aliphatic carbocycles. The number of hydrogen-bond donors (Lipinski definition) is 0. The smallest absolute Gasteiger partial charge is 0.545 e. The summed E-state index contributed by atoms with van der Waals surface area (Å²) in [6.45, 7) is 0. The van der Waals surface area contributed by atoms with Crippen LogP contribution in [0.5, 0.6) is 0 Å². The number of hydrogen-bond acceptors (Lipinski definition) is 8. The van der Waals surface area contributed by atoms with Crippen LogP contribution in [0.25, 0.3) is 0 Å². The number of carboxylic acids is 4. The Morgan fingerprint density at radius 2 is 0.850 bits per heavy atom. The molecule has 0 aliphatic heterocycles. The van der Waals surface area contributed by atoms with E-state index in [1.165, 1.54) is 0 Å². The molecule has 0 unspecified atom stereocenters. The molecule has 0 aromatic heterocycles. The molecule has 0 N–H and O–H groups in total. The fraction of sp³-hybridized carbons (Fsp3) is 0. The zero-order valence-corrected chi connectivity index (χ0v) is 16.8. The molecule has 1 rings (SSSR count). The maximum atomic E-state index is 10.7. The van der Waals surface area contributed by atoms with Gasteiger partial charge in [0.05, 0.1) is 23.9 Å². The maximum absolute atomic E-state index is 10.7. The van der Waals surface area contributed by atoms with Crippen LogP contribution in [0, 0.1) is 0 Å². The van der Waals surface area contributed by atoms with E-state index in [9.17, 15) is 39.6 Å².